The number of rotatable bonds is 7. The molecule has 2 aromatic rings. The Bertz CT molecular complexity index is 760. The summed E-state index contributed by atoms with van der Waals surface area (Å²) in [6.45, 7) is 4.72. The summed E-state index contributed by atoms with van der Waals surface area (Å²) in [7, 11) is 0. The fourth-order valence-corrected chi connectivity index (χ4v) is 2.50. The number of carbonyl (C=O) groups is 2. The zero-order chi connectivity index (χ0) is 16.8. The summed E-state index contributed by atoms with van der Waals surface area (Å²) in [5.74, 6) is -0.394. The van der Waals surface area contributed by atoms with Crippen molar-refractivity contribution in [2.45, 2.75) is 33.4 Å². The van der Waals surface area contributed by atoms with Crippen LogP contribution in [-0.2, 0) is 22.7 Å². The van der Waals surface area contributed by atoms with Crippen LogP contribution >= 0.6 is 0 Å². The molecule has 0 saturated carbocycles. The molecule has 0 aliphatic rings. The van der Waals surface area contributed by atoms with E-state index in [-0.39, 0.29) is 24.0 Å². The molecule has 1 heterocycles. The average molecular weight is 318 g/mol. The number of aryl methyl sites for hydroxylation is 1. The smallest absolute Gasteiger partial charge is 0.329 e. The van der Waals surface area contributed by atoms with Crippen LogP contribution in [0.1, 0.15) is 20.3 Å². The summed E-state index contributed by atoms with van der Waals surface area (Å²) in [5, 5.41) is 5.30. The summed E-state index contributed by atoms with van der Waals surface area (Å²) >= 11 is 0. The van der Waals surface area contributed by atoms with E-state index in [1.807, 2.05) is 31.2 Å². The van der Waals surface area contributed by atoms with Crippen molar-refractivity contribution in [3.8, 4) is 0 Å². The molecule has 0 aliphatic carbocycles. The van der Waals surface area contributed by atoms with Crippen molar-refractivity contribution in [1.29, 1.82) is 0 Å². The van der Waals surface area contributed by atoms with Gasteiger partial charge < -0.3 is 10.6 Å². The Labute approximate surface area is 134 Å². The van der Waals surface area contributed by atoms with Crippen LogP contribution in [0.5, 0.6) is 0 Å². The van der Waals surface area contributed by atoms with Crippen molar-refractivity contribution in [2.24, 2.45) is 0 Å². The van der Waals surface area contributed by atoms with Crippen molar-refractivity contribution in [3.63, 3.8) is 0 Å². The van der Waals surface area contributed by atoms with E-state index in [9.17, 15) is 14.4 Å². The number of carbonyl (C=O) groups excluding carboxylic acids is 2. The third kappa shape index (κ3) is 4.00. The number of benzene rings is 1. The van der Waals surface area contributed by atoms with Crippen LogP contribution in [0.2, 0.25) is 0 Å². The van der Waals surface area contributed by atoms with Crippen LogP contribution < -0.4 is 16.3 Å². The number of nitrogens with one attached hydrogen (secondary N) is 2. The molecular weight excluding hydrogens is 296 g/mol. The molecule has 0 saturated heterocycles. The molecule has 0 unspecified atom stereocenters. The first-order chi connectivity index (χ1) is 11.0. The molecule has 0 fully saturated rings. The van der Waals surface area contributed by atoms with Crippen LogP contribution in [0, 0.1) is 0 Å². The van der Waals surface area contributed by atoms with Gasteiger partial charge >= 0.3 is 5.69 Å². The van der Waals surface area contributed by atoms with Gasteiger partial charge in [-0.2, -0.15) is 0 Å². The minimum atomic E-state index is -0.253. The van der Waals surface area contributed by atoms with E-state index >= 15 is 0 Å². The minimum Gasteiger partial charge on any atom is -0.355 e. The third-order valence-corrected chi connectivity index (χ3v) is 3.50. The normalized spacial score (nSPS) is 10.7. The number of aromatic nitrogens is 2. The quantitative estimate of drug-likeness (QED) is 0.728. The molecule has 2 amide bonds. The van der Waals surface area contributed by atoms with Crippen LogP contribution in [-0.4, -0.2) is 34.0 Å². The molecule has 0 spiro atoms. The highest BCUT2D eigenvalue weighted by atomic mass is 16.2. The Balaban J connectivity index is 2.13. The summed E-state index contributed by atoms with van der Waals surface area (Å²) in [6.07, 6.45) is 0.844. The average Bonchev–Trinajstić information content (AvgIpc) is 2.78. The topological polar surface area (TPSA) is 85.1 Å². The molecule has 1 aromatic heterocycles. The zero-order valence-electron chi connectivity index (χ0n) is 13.5. The van der Waals surface area contributed by atoms with Crippen LogP contribution in [0.25, 0.3) is 11.0 Å². The molecule has 0 atom stereocenters. The SMILES string of the molecule is CCCn1c(=O)n(CC(=O)NCCNC(C)=O)c2ccccc21. The second kappa shape index (κ2) is 7.62. The molecule has 124 valence electrons. The zero-order valence-corrected chi connectivity index (χ0v) is 13.5. The van der Waals surface area contributed by atoms with Gasteiger partial charge in [-0.25, -0.2) is 4.79 Å². The van der Waals surface area contributed by atoms with E-state index in [1.165, 1.54) is 11.5 Å². The van der Waals surface area contributed by atoms with Crippen LogP contribution in [0.4, 0.5) is 0 Å². The Morgan fingerprint density at radius 2 is 1.65 bits per heavy atom. The highest BCUT2D eigenvalue weighted by Gasteiger charge is 2.14. The molecule has 0 bridgehead atoms. The Morgan fingerprint density at radius 3 is 2.26 bits per heavy atom. The molecule has 7 nitrogen and oxygen atoms in total. The molecule has 0 aliphatic heterocycles. The van der Waals surface area contributed by atoms with Gasteiger partial charge in [0, 0.05) is 26.6 Å². The Hall–Kier alpha value is -2.57. The van der Waals surface area contributed by atoms with E-state index in [0.717, 1.165) is 17.5 Å². The molecule has 23 heavy (non-hydrogen) atoms. The largest absolute Gasteiger partial charge is 0.355 e. The highest BCUT2D eigenvalue weighted by molar-refractivity contribution is 5.81. The van der Waals surface area contributed by atoms with Crippen LogP contribution in [0.3, 0.4) is 0 Å². The summed E-state index contributed by atoms with van der Waals surface area (Å²) < 4.78 is 3.18. The van der Waals surface area contributed by atoms with Gasteiger partial charge in [0.25, 0.3) is 0 Å². The second-order valence-corrected chi connectivity index (χ2v) is 5.34. The number of nitrogens with zero attached hydrogens (tertiary/aromatic N) is 2. The number of para-hydroxylation sites is 2. The van der Waals surface area contributed by atoms with E-state index in [0.29, 0.717) is 19.6 Å². The van der Waals surface area contributed by atoms with E-state index < -0.39 is 0 Å². The molecule has 1 aromatic carbocycles. The van der Waals surface area contributed by atoms with Crippen molar-refractivity contribution in [3.05, 3.63) is 34.7 Å². The molecule has 0 radical (unpaired) electrons. The maximum Gasteiger partial charge on any atom is 0.329 e. The minimum absolute atomic E-state index is 0.0316. The fourth-order valence-electron chi connectivity index (χ4n) is 2.50. The van der Waals surface area contributed by atoms with Crippen molar-refractivity contribution in [2.75, 3.05) is 13.1 Å². The number of fused-ring (bicyclic) bond motifs is 1. The standard InChI is InChI=1S/C16H22N4O3/c1-3-10-19-13-6-4-5-7-14(13)20(16(19)23)11-15(22)18-9-8-17-12(2)21/h4-7H,3,8-11H2,1-2H3,(H,17,21)(H,18,22). The van der Waals surface area contributed by atoms with Gasteiger partial charge in [-0.3, -0.25) is 18.7 Å². The first-order valence-corrected chi connectivity index (χ1v) is 7.73. The number of hydrogen-bond donors (Lipinski definition) is 2. The first-order valence-electron chi connectivity index (χ1n) is 7.73. The summed E-state index contributed by atoms with van der Waals surface area (Å²) in [5.41, 5.74) is 1.42. The summed E-state index contributed by atoms with van der Waals surface area (Å²) in [6, 6.07) is 7.46. The first kappa shape index (κ1) is 16.8. The monoisotopic (exact) mass is 318 g/mol. The van der Waals surface area contributed by atoms with Gasteiger partial charge in [-0.1, -0.05) is 19.1 Å². The van der Waals surface area contributed by atoms with E-state index in [2.05, 4.69) is 10.6 Å². The predicted molar refractivity (Wildman–Crippen MR) is 88.2 cm³/mol. The fraction of sp³-hybridized carbons (Fsp3) is 0.438. The molecular formula is C16H22N4O3. The maximum absolute atomic E-state index is 12.5. The lowest BCUT2D eigenvalue weighted by Gasteiger charge is -2.06. The van der Waals surface area contributed by atoms with E-state index in [4.69, 9.17) is 0 Å². The van der Waals surface area contributed by atoms with Gasteiger partial charge in [0.1, 0.15) is 6.54 Å². The summed E-state index contributed by atoms with van der Waals surface area (Å²) in [4.78, 5) is 35.3. The van der Waals surface area contributed by atoms with Crippen molar-refractivity contribution >= 4 is 22.8 Å². The maximum atomic E-state index is 12.5. The lowest BCUT2D eigenvalue weighted by Crippen LogP contribution is -2.37. The molecule has 2 N–H and O–H groups in total. The van der Waals surface area contributed by atoms with Crippen molar-refractivity contribution < 1.29 is 9.59 Å². The van der Waals surface area contributed by atoms with Gasteiger partial charge in [-0.15, -0.1) is 0 Å². The second-order valence-electron chi connectivity index (χ2n) is 5.34. The lowest BCUT2D eigenvalue weighted by atomic mass is 10.3. The number of amides is 2. The number of imidazole rings is 1. The van der Waals surface area contributed by atoms with Crippen molar-refractivity contribution in [1.82, 2.24) is 19.8 Å². The predicted octanol–water partition coefficient (Wildman–Crippen LogP) is 0.465. The molecule has 7 heteroatoms. The Morgan fingerprint density at radius 1 is 1.04 bits per heavy atom. The highest BCUT2D eigenvalue weighted by Crippen LogP contribution is 2.12. The van der Waals surface area contributed by atoms with Gasteiger partial charge in [-0.05, 0) is 18.6 Å². The Kier molecular flexibility index (Phi) is 5.56. The van der Waals surface area contributed by atoms with Crippen LogP contribution in [0.15, 0.2) is 29.1 Å². The van der Waals surface area contributed by atoms with Gasteiger partial charge in [0.05, 0.1) is 11.0 Å². The third-order valence-electron chi connectivity index (χ3n) is 3.50. The lowest BCUT2D eigenvalue weighted by molar-refractivity contribution is -0.122. The number of hydrogen-bond acceptors (Lipinski definition) is 3. The van der Waals surface area contributed by atoms with E-state index in [1.54, 1.807) is 4.57 Å². The van der Waals surface area contributed by atoms with Gasteiger partial charge in [0.2, 0.25) is 11.8 Å². The van der Waals surface area contributed by atoms with Gasteiger partial charge in [0.15, 0.2) is 0 Å². The molecule has 2 rings (SSSR count).